The number of carbonyl (C=O) groups excluding carboxylic acids is 1. The van der Waals surface area contributed by atoms with Crippen LogP contribution in [0.25, 0.3) is 0 Å². The molecular weight excluding hydrogens is 288 g/mol. The van der Waals surface area contributed by atoms with Crippen molar-refractivity contribution in [3.63, 3.8) is 0 Å². The van der Waals surface area contributed by atoms with Gasteiger partial charge in [0.05, 0.1) is 11.3 Å². The van der Waals surface area contributed by atoms with E-state index in [4.69, 9.17) is 5.11 Å². The Morgan fingerprint density at radius 1 is 1.32 bits per heavy atom. The molecule has 0 bridgehead atoms. The first-order chi connectivity index (χ1) is 10.5. The number of nitro benzene ring substituents is 1. The van der Waals surface area contributed by atoms with Crippen LogP contribution >= 0.6 is 0 Å². The summed E-state index contributed by atoms with van der Waals surface area (Å²) in [6, 6.07) is 6.07. The van der Waals surface area contributed by atoms with Crippen LogP contribution in [0.4, 0.5) is 5.69 Å². The summed E-state index contributed by atoms with van der Waals surface area (Å²) in [6.45, 7) is 1.09. The van der Waals surface area contributed by atoms with Crippen LogP contribution in [0.3, 0.4) is 0 Å². The molecule has 1 aliphatic heterocycles. The zero-order valence-electron chi connectivity index (χ0n) is 12.1. The molecule has 0 unspecified atom stereocenters. The molecule has 0 spiro atoms. The van der Waals surface area contributed by atoms with Gasteiger partial charge in [0.25, 0.3) is 5.69 Å². The van der Waals surface area contributed by atoms with Gasteiger partial charge in [-0.15, -0.1) is 0 Å². The first-order valence-corrected chi connectivity index (χ1v) is 7.18. The second kappa shape index (κ2) is 7.02. The van der Waals surface area contributed by atoms with Gasteiger partial charge in [0, 0.05) is 31.6 Å². The first-order valence-electron chi connectivity index (χ1n) is 7.18. The average Bonchev–Trinajstić information content (AvgIpc) is 2.47. The lowest BCUT2D eigenvalue weighted by atomic mass is 9.93. The predicted octanol–water partition coefficient (Wildman–Crippen LogP) is 1.85. The maximum atomic E-state index is 12.2. The molecular formula is C15H18N2O5. The Bertz CT molecular complexity index is 579. The number of carboxylic acid groups (broad SMARTS) is 1. The minimum Gasteiger partial charge on any atom is -0.481 e. The van der Waals surface area contributed by atoms with Gasteiger partial charge < -0.3 is 10.0 Å². The van der Waals surface area contributed by atoms with E-state index in [1.807, 2.05) is 0 Å². The Kier molecular flexibility index (Phi) is 5.08. The van der Waals surface area contributed by atoms with Crippen molar-refractivity contribution in [2.75, 3.05) is 13.1 Å². The minimum absolute atomic E-state index is 0.0227. The molecule has 1 fully saturated rings. The van der Waals surface area contributed by atoms with Crippen molar-refractivity contribution in [1.29, 1.82) is 0 Å². The molecule has 1 amide bonds. The number of nitrogens with zero attached hydrogens (tertiary/aromatic N) is 2. The zero-order chi connectivity index (χ0) is 16.1. The second-order valence-electron chi connectivity index (χ2n) is 5.53. The molecule has 0 aliphatic carbocycles. The Hall–Kier alpha value is -2.44. The SMILES string of the molecule is O=C(O)CC1CCN(C(=O)Cc2cccc([N+](=O)[O-])c2)CC1. The number of benzene rings is 1. The Morgan fingerprint density at radius 3 is 2.59 bits per heavy atom. The van der Waals surface area contributed by atoms with Crippen LogP contribution in [-0.4, -0.2) is 39.9 Å². The highest BCUT2D eigenvalue weighted by atomic mass is 16.6. The van der Waals surface area contributed by atoms with Crippen molar-refractivity contribution < 1.29 is 19.6 Å². The van der Waals surface area contributed by atoms with E-state index >= 15 is 0 Å². The number of amides is 1. The summed E-state index contributed by atoms with van der Waals surface area (Å²) >= 11 is 0. The van der Waals surface area contributed by atoms with Crippen LogP contribution in [0.2, 0.25) is 0 Å². The number of likely N-dealkylation sites (tertiary alicyclic amines) is 1. The number of carboxylic acids is 1. The van der Waals surface area contributed by atoms with E-state index in [0.717, 1.165) is 0 Å². The molecule has 0 radical (unpaired) electrons. The van der Waals surface area contributed by atoms with E-state index in [1.54, 1.807) is 17.0 Å². The summed E-state index contributed by atoms with van der Waals surface area (Å²) in [5, 5.41) is 19.5. The number of carbonyl (C=O) groups is 2. The van der Waals surface area contributed by atoms with E-state index in [1.165, 1.54) is 12.1 Å². The molecule has 2 rings (SSSR count). The van der Waals surface area contributed by atoms with E-state index in [2.05, 4.69) is 0 Å². The number of piperidine rings is 1. The van der Waals surface area contributed by atoms with Crippen LogP contribution < -0.4 is 0 Å². The summed E-state index contributed by atoms with van der Waals surface area (Å²) in [5.74, 6) is -0.755. The lowest BCUT2D eigenvalue weighted by molar-refractivity contribution is -0.384. The smallest absolute Gasteiger partial charge is 0.303 e. The normalized spacial score (nSPS) is 15.5. The molecule has 1 aliphatic rings. The third kappa shape index (κ3) is 4.28. The third-order valence-electron chi connectivity index (χ3n) is 3.91. The van der Waals surface area contributed by atoms with E-state index in [0.29, 0.717) is 31.5 Å². The van der Waals surface area contributed by atoms with Gasteiger partial charge in [-0.3, -0.25) is 19.7 Å². The van der Waals surface area contributed by atoms with Gasteiger partial charge in [0.15, 0.2) is 0 Å². The van der Waals surface area contributed by atoms with Crippen molar-refractivity contribution in [3.05, 3.63) is 39.9 Å². The molecule has 1 aromatic rings. The van der Waals surface area contributed by atoms with Crippen molar-refractivity contribution in [1.82, 2.24) is 4.90 Å². The van der Waals surface area contributed by atoms with Gasteiger partial charge in [-0.2, -0.15) is 0 Å². The molecule has 1 aromatic carbocycles. The van der Waals surface area contributed by atoms with Gasteiger partial charge in [-0.25, -0.2) is 0 Å². The molecule has 0 saturated carbocycles. The fraction of sp³-hybridized carbons (Fsp3) is 0.467. The van der Waals surface area contributed by atoms with Gasteiger partial charge in [0.1, 0.15) is 0 Å². The molecule has 1 N–H and O–H groups in total. The lowest BCUT2D eigenvalue weighted by Gasteiger charge is -2.31. The van der Waals surface area contributed by atoms with Gasteiger partial charge in [-0.05, 0) is 24.3 Å². The standard InChI is InChI=1S/C15H18N2O5/c18-14(9-12-2-1-3-13(8-12)17(21)22)16-6-4-11(5-7-16)10-15(19)20/h1-3,8,11H,4-7,9-10H2,(H,19,20). The summed E-state index contributed by atoms with van der Waals surface area (Å²) in [4.78, 5) is 34.8. The highest BCUT2D eigenvalue weighted by Gasteiger charge is 2.24. The topological polar surface area (TPSA) is 101 Å². The van der Waals surface area contributed by atoms with E-state index in [-0.39, 0.29) is 30.4 Å². The monoisotopic (exact) mass is 306 g/mol. The minimum atomic E-state index is -0.804. The lowest BCUT2D eigenvalue weighted by Crippen LogP contribution is -2.39. The zero-order valence-corrected chi connectivity index (χ0v) is 12.1. The maximum absolute atomic E-state index is 12.2. The first kappa shape index (κ1) is 15.9. The number of aliphatic carboxylic acids is 1. The molecule has 22 heavy (non-hydrogen) atoms. The van der Waals surface area contributed by atoms with Crippen molar-refractivity contribution in [2.45, 2.75) is 25.7 Å². The quantitative estimate of drug-likeness (QED) is 0.661. The Labute approximate surface area is 127 Å². The van der Waals surface area contributed by atoms with Gasteiger partial charge in [-0.1, -0.05) is 12.1 Å². The van der Waals surface area contributed by atoms with Gasteiger partial charge >= 0.3 is 5.97 Å². The third-order valence-corrected chi connectivity index (χ3v) is 3.91. The van der Waals surface area contributed by atoms with Crippen molar-refractivity contribution in [2.24, 2.45) is 5.92 Å². The number of nitro groups is 1. The highest BCUT2D eigenvalue weighted by molar-refractivity contribution is 5.79. The van der Waals surface area contributed by atoms with E-state index < -0.39 is 10.9 Å². The number of non-ortho nitro benzene ring substituents is 1. The molecule has 7 nitrogen and oxygen atoms in total. The Morgan fingerprint density at radius 2 is 2.00 bits per heavy atom. The van der Waals surface area contributed by atoms with Crippen molar-refractivity contribution >= 4 is 17.6 Å². The number of hydrogen-bond acceptors (Lipinski definition) is 4. The summed E-state index contributed by atoms with van der Waals surface area (Å²) in [5.41, 5.74) is 0.595. The van der Waals surface area contributed by atoms with Crippen LogP contribution in [-0.2, 0) is 16.0 Å². The molecule has 0 atom stereocenters. The molecule has 1 heterocycles. The summed E-state index contributed by atoms with van der Waals surface area (Å²) < 4.78 is 0. The predicted molar refractivity (Wildman–Crippen MR) is 78.4 cm³/mol. The largest absolute Gasteiger partial charge is 0.481 e. The van der Waals surface area contributed by atoms with E-state index in [9.17, 15) is 19.7 Å². The van der Waals surface area contributed by atoms with Crippen molar-refractivity contribution in [3.8, 4) is 0 Å². The van der Waals surface area contributed by atoms with Gasteiger partial charge in [0.2, 0.25) is 5.91 Å². The van der Waals surface area contributed by atoms with Crippen LogP contribution in [0, 0.1) is 16.0 Å². The highest BCUT2D eigenvalue weighted by Crippen LogP contribution is 2.21. The number of hydrogen-bond donors (Lipinski definition) is 1. The van der Waals surface area contributed by atoms with Crippen LogP contribution in [0.1, 0.15) is 24.8 Å². The second-order valence-corrected chi connectivity index (χ2v) is 5.53. The molecule has 118 valence electrons. The molecule has 1 saturated heterocycles. The fourth-order valence-electron chi connectivity index (χ4n) is 2.70. The maximum Gasteiger partial charge on any atom is 0.303 e. The fourth-order valence-corrected chi connectivity index (χ4v) is 2.70. The number of rotatable bonds is 5. The summed E-state index contributed by atoms with van der Waals surface area (Å²) in [7, 11) is 0. The van der Waals surface area contributed by atoms with Crippen LogP contribution in [0.15, 0.2) is 24.3 Å². The average molecular weight is 306 g/mol. The molecule has 7 heteroatoms. The Balaban J connectivity index is 1.89. The van der Waals surface area contributed by atoms with Crippen LogP contribution in [0.5, 0.6) is 0 Å². The summed E-state index contributed by atoms with van der Waals surface area (Å²) in [6.07, 6.45) is 1.65. The molecule has 0 aromatic heterocycles.